The molecular weight excluding hydrogens is 652 g/mol. The maximum Gasteiger partial charge on any atom is 0.336 e. The minimum Gasteiger partial charge on any atom is -0.423 e. The van der Waals surface area contributed by atoms with Gasteiger partial charge in [0.2, 0.25) is 0 Å². The predicted octanol–water partition coefficient (Wildman–Crippen LogP) is 10.8. The molecule has 0 aliphatic heterocycles. The molecule has 0 N–H and O–H groups in total. The molecule has 0 fully saturated rings. The highest BCUT2D eigenvalue weighted by atomic mass is 16.4. The lowest BCUT2D eigenvalue weighted by atomic mass is 10.1. The highest BCUT2D eigenvalue weighted by Crippen LogP contribution is 2.19. The number of nitrogens with zero attached hydrogens (tertiary/aromatic N) is 2. The van der Waals surface area contributed by atoms with Crippen LogP contribution in [0, 0.1) is 0 Å². The summed E-state index contributed by atoms with van der Waals surface area (Å²) in [6.45, 7) is 11.8. The molecule has 284 valence electrons. The second kappa shape index (κ2) is 24.1. The quantitative estimate of drug-likeness (QED) is 0.0593. The second-order valence-corrected chi connectivity index (χ2v) is 13.8. The van der Waals surface area contributed by atoms with Crippen molar-refractivity contribution in [3.63, 3.8) is 0 Å². The maximum atomic E-state index is 13.2. The number of benzene rings is 2. The van der Waals surface area contributed by atoms with Crippen molar-refractivity contribution in [1.82, 2.24) is 9.80 Å². The van der Waals surface area contributed by atoms with Gasteiger partial charge in [0.05, 0.1) is 0 Å². The highest BCUT2D eigenvalue weighted by Gasteiger charge is 2.17. The fourth-order valence-electron chi connectivity index (χ4n) is 6.25. The van der Waals surface area contributed by atoms with E-state index >= 15 is 0 Å². The standard InChI is InChI=1S/C26H39NO3.C18H23NO3/c1-3-5-7-9-11-13-19-27(20-14-12-10-8-6-4-2)26(29)23-16-15-22-17-18-25(28)30-24(22)21-23;1-3-5-11-19(12-6-4-2)18(21)15-8-7-14-9-10-17(20)22-16(14)13-15/h15-18,21H,3-14,19-20H2,1-2H3;7-10,13H,3-6,11-12H2,1-2H3. The summed E-state index contributed by atoms with van der Waals surface area (Å²) in [7, 11) is 0. The summed E-state index contributed by atoms with van der Waals surface area (Å²) in [5.41, 5.74) is 1.34. The van der Waals surface area contributed by atoms with Crippen LogP contribution in [0.15, 0.2) is 79.1 Å². The van der Waals surface area contributed by atoms with Gasteiger partial charge in [-0.05, 0) is 62.1 Å². The van der Waals surface area contributed by atoms with E-state index in [1.807, 2.05) is 28.0 Å². The predicted molar refractivity (Wildman–Crippen MR) is 213 cm³/mol. The Balaban J connectivity index is 0.000000294. The molecule has 8 nitrogen and oxygen atoms in total. The fraction of sp³-hybridized carbons (Fsp3) is 0.545. The number of unbranched alkanes of at least 4 members (excludes halogenated alkanes) is 12. The fourth-order valence-corrected chi connectivity index (χ4v) is 6.25. The highest BCUT2D eigenvalue weighted by molar-refractivity contribution is 5.98. The lowest BCUT2D eigenvalue weighted by molar-refractivity contribution is 0.0742. The third kappa shape index (κ3) is 14.4. The molecule has 8 heteroatoms. The molecule has 2 aromatic carbocycles. The maximum absolute atomic E-state index is 13.2. The van der Waals surface area contributed by atoms with E-state index < -0.39 is 5.63 Å². The minimum absolute atomic E-state index is 0.00954. The minimum atomic E-state index is -0.397. The number of hydrogen-bond donors (Lipinski definition) is 0. The van der Waals surface area contributed by atoms with Crippen LogP contribution in [0.1, 0.15) is 151 Å². The number of carbonyl (C=O) groups excluding carboxylic acids is 2. The zero-order valence-electron chi connectivity index (χ0n) is 32.3. The Labute approximate surface area is 310 Å². The molecule has 52 heavy (non-hydrogen) atoms. The van der Waals surface area contributed by atoms with Gasteiger partial charge in [-0.2, -0.15) is 0 Å². The molecule has 0 aliphatic rings. The summed E-state index contributed by atoms with van der Waals surface area (Å²) in [6, 6.07) is 17.0. The van der Waals surface area contributed by atoms with Crippen LogP contribution < -0.4 is 11.3 Å². The molecule has 4 rings (SSSR count). The molecule has 4 aromatic rings. The first-order valence-corrected chi connectivity index (χ1v) is 20.0. The Kier molecular flexibility index (Phi) is 19.6. The van der Waals surface area contributed by atoms with Gasteiger partial charge >= 0.3 is 11.3 Å². The molecule has 0 unspecified atom stereocenters. The van der Waals surface area contributed by atoms with Crippen molar-refractivity contribution in [3.05, 3.63) is 92.6 Å². The summed E-state index contributed by atoms with van der Waals surface area (Å²) in [5.74, 6) is 0.0563. The number of amides is 2. The molecule has 0 spiro atoms. The van der Waals surface area contributed by atoms with Gasteiger partial charge in [0, 0.05) is 60.2 Å². The van der Waals surface area contributed by atoms with Crippen molar-refractivity contribution < 1.29 is 18.4 Å². The third-order valence-electron chi connectivity index (χ3n) is 9.44. The smallest absolute Gasteiger partial charge is 0.336 e. The molecule has 0 bridgehead atoms. The molecule has 0 saturated carbocycles. The zero-order valence-corrected chi connectivity index (χ0v) is 32.3. The van der Waals surface area contributed by atoms with Gasteiger partial charge in [0.15, 0.2) is 0 Å². The third-order valence-corrected chi connectivity index (χ3v) is 9.44. The van der Waals surface area contributed by atoms with E-state index in [9.17, 15) is 19.2 Å². The molecule has 2 amide bonds. The first kappa shape index (κ1) is 42.2. The van der Waals surface area contributed by atoms with Crippen molar-refractivity contribution in [1.29, 1.82) is 0 Å². The molecule has 0 saturated heterocycles. The van der Waals surface area contributed by atoms with E-state index in [1.165, 1.54) is 76.3 Å². The van der Waals surface area contributed by atoms with Crippen LogP contribution in [0.3, 0.4) is 0 Å². The van der Waals surface area contributed by atoms with Crippen LogP contribution in [-0.4, -0.2) is 47.8 Å². The van der Waals surface area contributed by atoms with Crippen molar-refractivity contribution >= 4 is 33.8 Å². The zero-order chi connectivity index (χ0) is 37.6. The summed E-state index contributed by atoms with van der Waals surface area (Å²) in [5, 5.41) is 1.66. The normalized spacial score (nSPS) is 11.0. The summed E-state index contributed by atoms with van der Waals surface area (Å²) >= 11 is 0. The van der Waals surface area contributed by atoms with Gasteiger partial charge in [-0.15, -0.1) is 0 Å². The lowest BCUT2D eigenvalue weighted by Gasteiger charge is -2.23. The topological polar surface area (TPSA) is 101 Å². The monoisotopic (exact) mass is 714 g/mol. The van der Waals surface area contributed by atoms with E-state index in [-0.39, 0.29) is 17.4 Å². The largest absolute Gasteiger partial charge is 0.423 e. The second-order valence-electron chi connectivity index (χ2n) is 13.8. The van der Waals surface area contributed by atoms with Crippen LogP contribution >= 0.6 is 0 Å². The summed E-state index contributed by atoms with van der Waals surface area (Å²) in [4.78, 5) is 52.7. The Bertz CT molecular complexity index is 1740. The van der Waals surface area contributed by atoms with Gasteiger partial charge < -0.3 is 18.6 Å². The average molecular weight is 715 g/mol. The average Bonchev–Trinajstić information content (AvgIpc) is 3.15. The lowest BCUT2D eigenvalue weighted by Crippen LogP contribution is -2.33. The van der Waals surface area contributed by atoms with Crippen LogP contribution in [0.4, 0.5) is 0 Å². The number of fused-ring (bicyclic) bond motifs is 2. The Morgan fingerprint density at radius 1 is 0.442 bits per heavy atom. The van der Waals surface area contributed by atoms with Crippen LogP contribution in [0.25, 0.3) is 21.9 Å². The molecule has 0 aliphatic carbocycles. The molecule has 2 aromatic heterocycles. The van der Waals surface area contributed by atoms with Crippen molar-refractivity contribution in [2.24, 2.45) is 0 Å². The van der Waals surface area contributed by atoms with Crippen LogP contribution in [0.5, 0.6) is 0 Å². The molecule has 0 radical (unpaired) electrons. The van der Waals surface area contributed by atoms with Crippen molar-refractivity contribution in [2.45, 2.75) is 130 Å². The van der Waals surface area contributed by atoms with E-state index in [2.05, 4.69) is 27.7 Å². The van der Waals surface area contributed by atoms with E-state index in [4.69, 9.17) is 8.83 Å². The van der Waals surface area contributed by atoms with Gasteiger partial charge in [-0.3, -0.25) is 9.59 Å². The number of rotatable bonds is 22. The van der Waals surface area contributed by atoms with E-state index in [0.29, 0.717) is 22.3 Å². The first-order chi connectivity index (χ1) is 25.3. The SMILES string of the molecule is CCCCCCCCN(CCCCCCCC)C(=O)c1ccc2ccc(=O)oc2c1.CCCCN(CCCC)C(=O)c1ccc2ccc(=O)oc2c1. The summed E-state index contributed by atoms with van der Waals surface area (Å²) in [6.07, 6.45) is 18.7. The van der Waals surface area contributed by atoms with Crippen molar-refractivity contribution in [3.8, 4) is 0 Å². The molecule has 2 heterocycles. The van der Waals surface area contributed by atoms with Gasteiger partial charge in [-0.1, -0.05) is 117 Å². The Hall–Kier alpha value is -4.20. The van der Waals surface area contributed by atoms with Gasteiger partial charge in [0.1, 0.15) is 11.2 Å². The van der Waals surface area contributed by atoms with Gasteiger partial charge in [-0.25, -0.2) is 9.59 Å². The number of hydrogen-bond acceptors (Lipinski definition) is 6. The Morgan fingerprint density at radius 2 is 0.769 bits per heavy atom. The van der Waals surface area contributed by atoms with Crippen LogP contribution in [0.2, 0.25) is 0 Å². The number of carbonyl (C=O) groups is 2. The summed E-state index contributed by atoms with van der Waals surface area (Å²) < 4.78 is 10.4. The Morgan fingerprint density at radius 3 is 1.15 bits per heavy atom. The van der Waals surface area contributed by atoms with E-state index in [1.54, 1.807) is 30.3 Å². The van der Waals surface area contributed by atoms with Crippen LogP contribution in [-0.2, 0) is 0 Å². The van der Waals surface area contributed by atoms with Crippen molar-refractivity contribution in [2.75, 3.05) is 26.2 Å². The first-order valence-electron chi connectivity index (χ1n) is 20.0. The molecule has 0 atom stereocenters. The molecular formula is C44H62N2O6. The van der Waals surface area contributed by atoms with E-state index in [0.717, 1.165) is 75.5 Å². The van der Waals surface area contributed by atoms with Gasteiger partial charge in [0.25, 0.3) is 11.8 Å².